The molecule has 3 heteroatoms. The smallest absolute Gasteiger partial charge is 0.0992 e. The summed E-state index contributed by atoms with van der Waals surface area (Å²) in [6.45, 7) is 0. The molecule has 0 spiro atoms. The van der Waals surface area contributed by atoms with E-state index in [0.717, 1.165) is 55.0 Å². The summed E-state index contributed by atoms with van der Waals surface area (Å²) in [6, 6.07) is 55.6. The van der Waals surface area contributed by atoms with Gasteiger partial charge >= 0.3 is 0 Å². The predicted octanol–water partition coefficient (Wildman–Crippen LogP) is 10.8. The number of hydrogen-bond donors (Lipinski definition) is 0. The zero-order valence-electron chi connectivity index (χ0n) is 24.3. The highest BCUT2D eigenvalue weighted by molar-refractivity contribution is 6.14. The normalized spacial score (nSPS) is 11.5. The Labute approximate surface area is 259 Å². The summed E-state index contributed by atoms with van der Waals surface area (Å²) in [5.41, 5.74) is 10.6. The van der Waals surface area contributed by atoms with Gasteiger partial charge in [-0.1, -0.05) is 103 Å². The lowest BCUT2D eigenvalue weighted by molar-refractivity contribution is 1.18. The summed E-state index contributed by atoms with van der Waals surface area (Å²) in [6.07, 6.45) is 0. The maximum Gasteiger partial charge on any atom is 0.0992 e. The van der Waals surface area contributed by atoms with E-state index in [2.05, 4.69) is 138 Å². The third-order valence-corrected chi connectivity index (χ3v) is 8.97. The zero-order chi connectivity index (χ0) is 29.9. The van der Waals surface area contributed by atoms with Gasteiger partial charge in [-0.05, 0) is 76.2 Å². The minimum absolute atomic E-state index is 0.656. The van der Waals surface area contributed by atoms with Gasteiger partial charge in [0.05, 0.1) is 33.7 Å². The van der Waals surface area contributed by atoms with Crippen LogP contribution in [-0.2, 0) is 0 Å². The Bertz CT molecular complexity index is 2640. The largest absolute Gasteiger partial charge is 0.309 e. The summed E-state index contributed by atoms with van der Waals surface area (Å²) in [5, 5.41) is 16.6. The highest BCUT2D eigenvalue weighted by Gasteiger charge is 2.15. The van der Waals surface area contributed by atoms with Gasteiger partial charge in [-0.25, -0.2) is 4.98 Å². The topological polar surface area (TPSA) is 41.6 Å². The van der Waals surface area contributed by atoms with Crippen LogP contribution in [0.15, 0.2) is 152 Å². The van der Waals surface area contributed by atoms with Crippen molar-refractivity contribution in [1.82, 2.24) is 9.55 Å². The van der Waals surface area contributed by atoms with Crippen molar-refractivity contribution in [2.24, 2.45) is 0 Å². The number of pyridine rings is 1. The lowest BCUT2D eigenvalue weighted by Gasteiger charge is -2.12. The van der Waals surface area contributed by atoms with Crippen molar-refractivity contribution < 1.29 is 0 Å². The standard InChI is InChI=1S/C42H25N3/c43-26-27-14-20-35-36-21-19-30(25-41(36)45(40(35)22-27)33-9-2-1-3-10-33)28-15-17-29(18-16-28)38-24-32-23-31-8-4-7-13-39(31)44-42(32)37-12-6-5-11-34(37)38/h1-25H. The van der Waals surface area contributed by atoms with Crippen LogP contribution in [0.2, 0.25) is 0 Å². The van der Waals surface area contributed by atoms with Crippen LogP contribution in [0.5, 0.6) is 0 Å². The lowest BCUT2D eigenvalue weighted by Crippen LogP contribution is -1.93. The molecule has 0 saturated carbocycles. The second-order valence-corrected chi connectivity index (χ2v) is 11.5. The van der Waals surface area contributed by atoms with Crippen LogP contribution in [0.25, 0.3) is 82.3 Å². The van der Waals surface area contributed by atoms with Gasteiger partial charge in [-0.15, -0.1) is 0 Å². The molecule has 0 radical (unpaired) electrons. The first-order valence-corrected chi connectivity index (χ1v) is 15.1. The SMILES string of the molecule is N#Cc1ccc2c3ccc(-c4ccc(-c5cc6cc7ccccc7nc6c6ccccc56)cc4)cc3n(-c3ccccc3)c2c1. The molecule has 0 aliphatic rings. The molecular formula is C42H25N3. The Morgan fingerprint density at radius 2 is 1.16 bits per heavy atom. The summed E-state index contributed by atoms with van der Waals surface area (Å²) in [4.78, 5) is 5.06. The van der Waals surface area contributed by atoms with Crippen molar-refractivity contribution in [3.05, 3.63) is 157 Å². The predicted molar refractivity (Wildman–Crippen MR) is 187 cm³/mol. The number of nitrogens with zero attached hydrogens (tertiary/aromatic N) is 3. The molecule has 208 valence electrons. The molecule has 0 N–H and O–H groups in total. The summed E-state index contributed by atoms with van der Waals surface area (Å²) >= 11 is 0. The first-order valence-electron chi connectivity index (χ1n) is 15.1. The van der Waals surface area contributed by atoms with Crippen molar-refractivity contribution in [1.29, 1.82) is 5.26 Å². The van der Waals surface area contributed by atoms with E-state index in [4.69, 9.17) is 4.98 Å². The van der Waals surface area contributed by atoms with E-state index >= 15 is 0 Å². The number of hydrogen-bond acceptors (Lipinski definition) is 2. The maximum absolute atomic E-state index is 9.62. The number of rotatable bonds is 3. The van der Waals surface area contributed by atoms with Crippen LogP contribution in [0.4, 0.5) is 0 Å². The number of nitriles is 1. The Balaban J connectivity index is 1.19. The lowest BCUT2D eigenvalue weighted by atomic mass is 9.93. The van der Waals surface area contributed by atoms with Crippen molar-refractivity contribution in [3.63, 3.8) is 0 Å². The minimum atomic E-state index is 0.656. The molecule has 0 bridgehead atoms. The Kier molecular flexibility index (Phi) is 5.57. The van der Waals surface area contributed by atoms with Crippen molar-refractivity contribution in [2.75, 3.05) is 0 Å². The van der Waals surface area contributed by atoms with Crippen LogP contribution in [0, 0.1) is 11.3 Å². The van der Waals surface area contributed by atoms with Crippen LogP contribution >= 0.6 is 0 Å². The monoisotopic (exact) mass is 571 g/mol. The quantitative estimate of drug-likeness (QED) is 0.156. The molecule has 0 aliphatic heterocycles. The molecule has 0 fully saturated rings. The van der Waals surface area contributed by atoms with E-state index in [9.17, 15) is 5.26 Å². The van der Waals surface area contributed by atoms with Gasteiger partial charge in [0.15, 0.2) is 0 Å². The minimum Gasteiger partial charge on any atom is -0.309 e. The van der Waals surface area contributed by atoms with E-state index < -0.39 is 0 Å². The number of fused-ring (bicyclic) bond motifs is 7. The third-order valence-electron chi connectivity index (χ3n) is 8.97. The fraction of sp³-hybridized carbons (Fsp3) is 0. The highest BCUT2D eigenvalue weighted by atomic mass is 15.0. The molecule has 0 atom stereocenters. The van der Waals surface area contributed by atoms with Crippen LogP contribution in [0.1, 0.15) is 5.56 Å². The molecule has 0 amide bonds. The van der Waals surface area contributed by atoms with Crippen molar-refractivity contribution >= 4 is 54.4 Å². The van der Waals surface area contributed by atoms with Gasteiger partial charge in [0.2, 0.25) is 0 Å². The molecule has 9 aromatic rings. The van der Waals surface area contributed by atoms with Gasteiger partial charge in [0.1, 0.15) is 0 Å². The van der Waals surface area contributed by atoms with E-state index in [-0.39, 0.29) is 0 Å². The molecule has 2 heterocycles. The van der Waals surface area contributed by atoms with Gasteiger partial charge in [0, 0.05) is 32.6 Å². The number of aromatic nitrogens is 2. The number of para-hydroxylation sites is 2. The molecular weight excluding hydrogens is 546 g/mol. The first kappa shape index (κ1) is 25.3. The van der Waals surface area contributed by atoms with E-state index in [1.54, 1.807) is 0 Å². The van der Waals surface area contributed by atoms with Gasteiger partial charge in [0.25, 0.3) is 0 Å². The first-order chi connectivity index (χ1) is 22.2. The van der Waals surface area contributed by atoms with Crippen molar-refractivity contribution in [2.45, 2.75) is 0 Å². The van der Waals surface area contributed by atoms with Gasteiger partial charge in [-0.3, -0.25) is 0 Å². The molecule has 3 nitrogen and oxygen atoms in total. The molecule has 0 aliphatic carbocycles. The Morgan fingerprint density at radius 1 is 0.489 bits per heavy atom. The highest BCUT2D eigenvalue weighted by Crippen LogP contribution is 2.38. The third kappa shape index (κ3) is 4.01. The average molecular weight is 572 g/mol. The van der Waals surface area contributed by atoms with Gasteiger partial charge < -0.3 is 4.57 Å². The molecule has 45 heavy (non-hydrogen) atoms. The zero-order valence-corrected chi connectivity index (χ0v) is 24.3. The molecule has 9 rings (SSSR count). The number of benzene rings is 7. The van der Waals surface area contributed by atoms with Crippen LogP contribution in [0.3, 0.4) is 0 Å². The second kappa shape index (κ2) is 9.91. The van der Waals surface area contributed by atoms with E-state index in [1.807, 2.05) is 24.3 Å². The van der Waals surface area contributed by atoms with E-state index in [1.165, 1.54) is 27.3 Å². The second-order valence-electron chi connectivity index (χ2n) is 11.5. The fourth-order valence-electron chi connectivity index (χ4n) is 6.82. The maximum atomic E-state index is 9.62. The summed E-state index contributed by atoms with van der Waals surface area (Å²) < 4.78 is 2.27. The summed E-state index contributed by atoms with van der Waals surface area (Å²) in [5.74, 6) is 0. The fourth-order valence-corrected chi connectivity index (χ4v) is 6.82. The Hall–Kier alpha value is -6.24. The molecule has 2 aromatic heterocycles. The molecule has 0 saturated heterocycles. The average Bonchev–Trinajstić information content (AvgIpc) is 3.43. The Morgan fingerprint density at radius 3 is 1.98 bits per heavy atom. The summed E-state index contributed by atoms with van der Waals surface area (Å²) in [7, 11) is 0. The molecule has 7 aromatic carbocycles. The van der Waals surface area contributed by atoms with Gasteiger partial charge in [-0.2, -0.15) is 5.26 Å². The molecule has 0 unspecified atom stereocenters. The van der Waals surface area contributed by atoms with Crippen molar-refractivity contribution in [3.8, 4) is 34.0 Å². The van der Waals surface area contributed by atoms with Crippen LogP contribution in [-0.4, -0.2) is 9.55 Å². The van der Waals surface area contributed by atoms with E-state index in [0.29, 0.717) is 5.56 Å². The van der Waals surface area contributed by atoms with Crippen LogP contribution < -0.4 is 0 Å².